The van der Waals surface area contributed by atoms with Crippen molar-refractivity contribution in [2.75, 3.05) is 18.0 Å². The Morgan fingerprint density at radius 2 is 1.88 bits per heavy atom. The van der Waals surface area contributed by atoms with Crippen molar-refractivity contribution in [3.8, 4) is 5.75 Å². The molecule has 3 nitrogen and oxygen atoms in total. The zero-order valence-corrected chi connectivity index (χ0v) is 14.2. The molecule has 1 fully saturated rings. The van der Waals surface area contributed by atoms with Gasteiger partial charge in [0.05, 0.1) is 16.3 Å². The van der Waals surface area contributed by atoms with Gasteiger partial charge in [0, 0.05) is 25.9 Å². The maximum Gasteiger partial charge on any atom is 0.164 e. The minimum atomic E-state index is -0.463. The average molecular weight is 348 g/mol. The molecule has 0 N–H and O–H groups in total. The van der Waals surface area contributed by atoms with E-state index >= 15 is 0 Å². The van der Waals surface area contributed by atoms with Crippen molar-refractivity contribution >= 4 is 23.1 Å². The van der Waals surface area contributed by atoms with Crippen molar-refractivity contribution in [3.05, 3.63) is 58.9 Å². The molecule has 1 saturated heterocycles. The van der Waals surface area contributed by atoms with E-state index in [1.165, 1.54) is 13.0 Å². The summed E-state index contributed by atoms with van der Waals surface area (Å²) in [6, 6.07) is 12.2. The lowest BCUT2D eigenvalue weighted by atomic mass is 10.0. The highest BCUT2D eigenvalue weighted by Gasteiger charge is 2.25. The number of nitrogens with zero attached hydrogens (tertiary/aromatic N) is 1. The molecule has 24 heavy (non-hydrogen) atoms. The van der Waals surface area contributed by atoms with Crippen LogP contribution in [0.5, 0.6) is 5.75 Å². The van der Waals surface area contributed by atoms with Crippen LogP contribution in [0.4, 0.5) is 10.1 Å². The Morgan fingerprint density at radius 1 is 1.17 bits per heavy atom. The SMILES string of the molecule is CC(=O)c1c(F)cccc1N1CCC(Oc2ccccc2Cl)CC1. The van der Waals surface area contributed by atoms with Crippen LogP contribution in [0.2, 0.25) is 5.02 Å². The van der Waals surface area contributed by atoms with Gasteiger partial charge in [-0.15, -0.1) is 0 Å². The molecule has 126 valence electrons. The molecule has 1 aliphatic heterocycles. The second-order valence-electron chi connectivity index (χ2n) is 5.92. The summed E-state index contributed by atoms with van der Waals surface area (Å²) in [6.45, 7) is 2.81. The van der Waals surface area contributed by atoms with Crippen LogP contribution in [0.25, 0.3) is 0 Å². The standard InChI is InChI=1S/C19H19ClFNO2/c1-13(23)19-16(21)6-4-7-17(19)22-11-9-14(10-12-22)24-18-8-3-2-5-15(18)20/h2-8,14H,9-12H2,1H3. The minimum absolute atomic E-state index is 0.0653. The Labute approximate surface area is 146 Å². The van der Waals surface area contributed by atoms with Gasteiger partial charge in [0.1, 0.15) is 17.7 Å². The first-order chi connectivity index (χ1) is 11.6. The molecular weight excluding hydrogens is 329 g/mol. The fraction of sp³-hybridized carbons (Fsp3) is 0.316. The van der Waals surface area contributed by atoms with Crippen LogP contribution in [-0.2, 0) is 0 Å². The molecule has 0 atom stereocenters. The van der Waals surface area contributed by atoms with Gasteiger partial charge in [-0.25, -0.2) is 4.39 Å². The highest BCUT2D eigenvalue weighted by Crippen LogP contribution is 2.30. The van der Waals surface area contributed by atoms with E-state index in [9.17, 15) is 9.18 Å². The molecule has 1 aliphatic rings. The Bertz CT molecular complexity index is 742. The zero-order chi connectivity index (χ0) is 17.1. The van der Waals surface area contributed by atoms with Crippen LogP contribution >= 0.6 is 11.6 Å². The van der Waals surface area contributed by atoms with Gasteiger partial charge >= 0.3 is 0 Å². The van der Waals surface area contributed by atoms with Crippen LogP contribution in [0.15, 0.2) is 42.5 Å². The third kappa shape index (κ3) is 3.54. The molecule has 2 aromatic carbocycles. The van der Waals surface area contributed by atoms with Crippen LogP contribution in [0, 0.1) is 5.82 Å². The van der Waals surface area contributed by atoms with Gasteiger partial charge in [-0.1, -0.05) is 29.8 Å². The number of hydrogen-bond donors (Lipinski definition) is 0. The van der Waals surface area contributed by atoms with Gasteiger partial charge in [0.25, 0.3) is 0 Å². The van der Waals surface area contributed by atoms with Crippen LogP contribution < -0.4 is 9.64 Å². The Hall–Kier alpha value is -2.07. The van der Waals surface area contributed by atoms with E-state index in [1.807, 2.05) is 23.1 Å². The predicted octanol–water partition coefficient (Wildman–Crippen LogP) is 4.73. The summed E-state index contributed by atoms with van der Waals surface area (Å²) >= 11 is 6.13. The van der Waals surface area contributed by atoms with Gasteiger partial charge in [-0.2, -0.15) is 0 Å². The minimum Gasteiger partial charge on any atom is -0.489 e. The molecule has 0 amide bonds. The van der Waals surface area contributed by atoms with Gasteiger partial charge in [-0.3, -0.25) is 4.79 Å². The number of carbonyl (C=O) groups is 1. The first kappa shape index (κ1) is 16.8. The summed E-state index contributed by atoms with van der Waals surface area (Å²) in [6.07, 6.45) is 1.65. The topological polar surface area (TPSA) is 29.5 Å². The Morgan fingerprint density at radius 3 is 2.54 bits per heavy atom. The summed E-state index contributed by atoms with van der Waals surface area (Å²) in [5, 5.41) is 0.601. The number of rotatable bonds is 4. The first-order valence-corrected chi connectivity index (χ1v) is 8.39. The molecule has 0 spiro atoms. The molecule has 0 saturated carbocycles. The van der Waals surface area contributed by atoms with Crippen molar-refractivity contribution in [2.24, 2.45) is 0 Å². The quantitative estimate of drug-likeness (QED) is 0.749. The Balaban J connectivity index is 1.69. The second kappa shape index (κ2) is 7.22. The molecule has 0 aromatic heterocycles. The molecule has 0 bridgehead atoms. The van der Waals surface area contributed by atoms with E-state index in [2.05, 4.69) is 0 Å². The van der Waals surface area contributed by atoms with Crippen LogP contribution in [0.3, 0.4) is 0 Å². The fourth-order valence-corrected chi connectivity index (χ4v) is 3.24. The lowest BCUT2D eigenvalue weighted by Crippen LogP contribution is -2.39. The lowest BCUT2D eigenvalue weighted by molar-refractivity contribution is 0.101. The summed E-state index contributed by atoms with van der Waals surface area (Å²) < 4.78 is 19.9. The summed E-state index contributed by atoms with van der Waals surface area (Å²) in [5.74, 6) is -0.0280. The average Bonchev–Trinajstić information content (AvgIpc) is 2.57. The number of ketones is 1. The van der Waals surface area contributed by atoms with Crippen molar-refractivity contribution < 1.29 is 13.9 Å². The molecule has 0 aliphatic carbocycles. The number of para-hydroxylation sites is 1. The number of benzene rings is 2. The summed E-state index contributed by atoms with van der Waals surface area (Å²) in [5.41, 5.74) is 0.835. The molecule has 5 heteroatoms. The van der Waals surface area contributed by atoms with E-state index in [-0.39, 0.29) is 17.5 Å². The van der Waals surface area contributed by atoms with Crippen LogP contribution in [-0.4, -0.2) is 25.0 Å². The molecule has 3 rings (SSSR count). The zero-order valence-electron chi connectivity index (χ0n) is 13.5. The van der Waals surface area contributed by atoms with E-state index < -0.39 is 5.82 Å². The number of ether oxygens (including phenoxy) is 1. The highest BCUT2D eigenvalue weighted by molar-refractivity contribution is 6.32. The van der Waals surface area contributed by atoms with Gasteiger partial charge in [-0.05, 0) is 31.2 Å². The van der Waals surface area contributed by atoms with E-state index in [4.69, 9.17) is 16.3 Å². The number of carbonyl (C=O) groups excluding carboxylic acids is 1. The van der Waals surface area contributed by atoms with E-state index in [0.29, 0.717) is 29.5 Å². The van der Waals surface area contributed by atoms with E-state index in [0.717, 1.165) is 12.8 Å². The molecule has 1 heterocycles. The largest absolute Gasteiger partial charge is 0.489 e. The lowest BCUT2D eigenvalue weighted by Gasteiger charge is -2.34. The fourth-order valence-electron chi connectivity index (χ4n) is 3.06. The van der Waals surface area contributed by atoms with E-state index in [1.54, 1.807) is 18.2 Å². The third-order valence-electron chi connectivity index (χ3n) is 4.26. The van der Waals surface area contributed by atoms with Gasteiger partial charge in [0.15, 0.2) is 5.78 Å². The van der Waals surface area contributed by atoms with Gasteiger partial charge < -0.3 is 9.64 Å². The Kier molecular flexibility index (Phi) is 5.05. The second-order valence-corrected chi connectivity index (χ2v) is 6.33. The number of Topliss-reactive ketones (excluding diaryl/α,β-unsaturated/α-hetero) is 1. The van der Waals surface area contributed by atoms with Gasteiger partial charge in [0.2, 0.25) is 0 Å². The summed E-state index contributed by atoms with van der Waals surface area (Å²) in [7, 11) is 0. The normalized spacial score (nSPS) is 15.4. The first-order valence-electron chi connectivity index (χ1n) is 8.02. The molecule has 0 radical (unpaired) electrons. The number of hydrogen-bond acceptors (Lipinski definition) is 3. The van der Waals surface area contributed by atoms with Crippen molar-refractivity contribution in [1.29, 1.82) is 0 Å². The maximum atomic E-state index is 14.0. The summed E-state index contributed by atoms with van der Waals surface area (Å²) in [4.78, 5) is 13.8. The van der Waals surface area contributed by atoms with Crippen molar-refractivity contribution in [3.63, 3.8) is 0 Å². The molecule has 0 unspecified atom stereocenters. The highest BCUT2D eigenvalue weighted by atomic mass is 35.5. The maximum absolute atomic E-state index is 14.0. The predicted molar refractivity (Wildman–Crippen MR) is 93.7 cm³/mol. The smallest absolute Gasteiger partial charge is 0.164 e. The van der Waals surface area contributed by atoms with Crippen molar-refractivity contribution in [2.45, 2.75) is 25.9 Å². The monoisotopic (exact) mass is 347 g/mol. The van der Waals surface area contributed by atoms with Crippen molar-refractivity contribution in [1.82, 2.24) is 0 Å². The molecule has 2 aromatic rings. The number of anilines is 1. The molecular formula is C19H19ClFNO2. The number of piperidine rings is 1. The third-order valence-corrected chi connectivity index (χ3v) is 4.57. The number of halogens is 2. The van der Waals surface area contributed by atoms with Crippen LogP contribution in [0.1, 0.15) is 30.1 Å².